The summed E-state index contributed by atoms with van der Waals surface area (Å²) in [6, 6.07) is -0.550. The molecule has 6 heteroatoms. The van der Waals surface area contributed by atoms with Gasteiger partial charge in [0, 0.05) is 12.8 Å². The Morgan fingerprint density at radius 2 is 0.806 bits per heavy atom. The van der Waals surface area contributed by atoms with E-state index < -0.39 is 12.1 Å². The summed E-state index contributed by atoms with van der Waals surface area (Å²) in [4.78, 5) is 24.5. The summed E-state index contributed by atoms with van der Waals surface area (Å²) >= 11 is 0. The van der Waals surface area contributed by atoms with Crippen LogP contribution in [0.5, 0.6) is 0 Å². The van der Waals surface area contributed by atoms with Crippen molar-refractivity contribution in [3.8, 4) is 0 Å². The van der Waals surface area contributed by atoms with Crippen molar-refractivity contribution in [1.82, 2.24) is 5.32 Å². The SMILES string of the molecule is CCCCCC/C=C\C/C=C\CCCCCCCC(=O)OCCCCCCCC/C=C\CCCCCCCCCC(=O)NC(CO)C(O)CCCCCCCCCCCCCC. The summed E-state index contributed by atoms with van der Waals surface area (Å²) in [5, 5.41) is 23.2. The summed E-state index contributed by atoms with van der Waals surface area (Å²) in [7, 11) is 0. The molecule has 0 heterocycles. The van der Waals surface area contributed by atoms with Gasteiger partial charge in [-0.05, 0) is 83.5 Å². The summed E-state index contributed by atoms with van der Waals surface area (Å²) in [6.45, 7) is 4.90. The fraction of sp³-hybridized carbons (Fsp3) is 0.857. The first-order valence-corrected chi connectivity index (χ1v) is 27.2. The first-order valence-electron chi connectivity index (χ1n) is 27.2. The zero-order valence-corrected chi connectivity index (χ0v) is 41.4. The number of carbonyl (C=O) groups is 2. The second-order valence-electron chi connectivity index (χ2n) is 18.6. The molecular formula is C56H105NO5. The maximum atomic E-state index is 12.4. The van der Waals surface area contributed by atoms with Gasteiger partial charge in [0.05, 0.1) is 25.4 Å². The Morgan fingerprint density at radius 1 is 0.452 bits per heavy atom. The predicted octanol–water partition coefficient (Wildman–Crippen LogP) is 16.5. The molecule has 3 N–H and O–H groups in total. The number of aliphatic hydroxyl groups is 2. The van der Waals surface area contributed by atoms with Crippen LogP contribution in [0.1, 0.15) is 284 Å². The molecule has 0 radical (unpaired) electrons. The highest BCUT2D eigenvalue weighted by Crippen LogP contribution is 2.16. The fourth-order valence-corrected chi connectivity index (χ4v) is 8.19. The van der Waals surface area contributed by atoms with Crippen LogP contribution in [0.2, 0.25) is 0 Å². The summed E-state index contributed by atoms with van der Waals surface area (Å²) in [5.41, 5.74) is 0. The van der Waals surface area contributed by atoms with E-state index in [1.807, 2.05) is 0 Å². The van der Waals surface area contributed by atoms with E-state index in [1.54, 1.807) is 0 Å². The minimum atomic E-state index is -0.671. The van der Waals surface area contributed by atoms with Gasteiger partial charge in [-0.1, -0.05) is 224 Å². The monoisotopic (exact) mass is 872 g/mol. The van der Waals surface area contributed by atoms with Gasteiger partial charge in [0.15, 0.2) is 0 Å². The van der Waals surface area contributed by atoms with Gasteiger partial charge in [-0.3, -0.25) is 9.59 Å². The van der Waals surface area contributed by atoms with Crippen LogP contribution in [-0.4, -0.2) is 47.4 Å². The number of aliphatic hydroxyl groups excluding tert-OH is 2. The number of esters is 1. The largest absolute Gasteiger partial charge is 0.466 e. The van der Waals surface area contributed by atoms with Crippen molar-refractivity contribution >= 4 is 11.9 Å². The maximum absolute atomic E-state index is 12.4. The van der Waals surface area contributed by atoms with Gasteiger partial charge in [-0.25, -0.2) is 0 Å². The van der Waals surface area contributed by atoms with E-state index in [4.69, 9.17) is 4.74 Å². The molecule has 0 aromatic heterocycles. The Bertz CT molecular complexity index is 1010. The van der Waals surface area contributed by atoms with Crippen LogP contribution in [0.4, 0.5) is 0 Å². The van der Waals surface area contributed by atoms with Gasteiger partial charge in [-0.2, -0.15) is 0 Å². The number of amides is 1. The molecule has 6 nitrogen and oxygen atoms in total. The summed E-state index contributed by atoms with van der Waals surface area (Å²) < 4.78 is 5.46. The molecule has 0 aliphatic heterocycles. The molecular weight excluding hydrogens is 767 g/mol. The van der Waals surface area contributed by atoms with E-state index in [9.17, 15) is 19.8 Å². The number of allylic oxidation sites excluding steroid dienone is 6. The lowest BCUT2D eigenvalue weighted by atomic mass is 10.0. The zero-order chi connectivity index (χ0) is 45.1. The minimum absolute atomic E-state index is 0.0157. The summed E-state index contributed by atoms with van der Waals surface area (Å²) in [5.74, 6) is -0.0642. The summed E-state index contributed by atoms with van der Waals surface area (Å²) in [6.07, 6.45) is 62.6. The predicted molar refractivity (Wildman–Crippen MR) is 269 cm³/mol. The van der Waals surface area contributed by atoms with Crippen molar-refractivity contribution in [2.24, 2.45) is 0 Å². The van der Waals surface area contributed by atoms with Crippen LogP contribution >= 0.6 is 0 Å². The van der Waals surface area contributed by atoms with Crippen molar-refractivity contribution in [2.75, 3.05) is 13.2 Å². The van der Waals surface area contributed by atoms with Crippen molar-refractivity contribution in [2.45, 2.75) is 296 Å². The first kappa shape index (κ1) is 60.1. The smallest absolute Gasteiger partial charge is 0.305 e. The van der Waals surface area contributed by atoms with E-state index in [0.717, 1.165) is 64.2 Å². The van der Waals surface area contributed by atoms with Crippen molar-refractivity contribution in [3.05, 3.63) is 36.5 Å². The van der Waals surface area contributed by atoms with Crippen LogP contribution in [0.25, 0.3) is 0 Å². The lowest BCUT2D eigenvalue weighted by Gasteiger charge is -2.22. The Labute approximate surface area is 385 Å². The number of nitrogens with one attached hydrogen (secondary N) is 1. The van der Waals surface area contributed by atoms with E-state index in [1.165, 1.54) is 186 Å². The molecule has 2 unspecified atom stereocenters. The third kappa shape index (κ3) is 47.6. The van der Waals surface area contributed by atoms with Crippen LogP contribution in [-0.2, 0) is 14.3 Å². The third-order valence-electron chi connectivity index (χ3n) is 12.4. The van der Waals surface area contributed by atoms with Gasteiger partial charge < -0.3 is 20.3 Å². The van der Waals surface area contributed by atoms with Crippen LogP contribution in [0, 0.1) is 0 Å². The Kier molecular flexibility index (Phi) is 50.1. The van der Waals surface area contributed by atoms with Crippen molar-refractivity contribution in [1.29, 1.82) is 0 Å². The molecule has 62 heavy (non-hydrogen) atoms. The second-order valence-corrected chi connectivity index (χ2v) is 18.6. The molecule has 0 bridgehead atoms. The van der Waals surface area contributed by atoms with Crippen LogP contribution in [0.15, 0.2) is 36.5 Å². The first-order chi connectivity index (χ1) is 30.5. The molecule has 0 rings (SSSR count). The Hall–Kier alpha value is -1.92. The maximum Gasteiger partial charge on any atom is 0.305 e. The fourth-order valence-electron chi connectivity index (χ4n) is 8.19. The second kappa shape index (κ2) is 51.7. The molecule has 0 aliphatic carbocycles. The topological polar surface area (TPSA) is 95.9 Å². The number of ether oxygens (including phenoxy) is 1. The lowest BCUT2D eigenvalue weighted by molar-refractivity contribution is -0.143. The van der Waals surface area contributed by atoms with Crippen molar-refractivity contribution < 1.29 is 24.5 Å². The number of unbranched alkanes of at least 4 members (excludes halogenated alkanes) is 33. The molecule has 0 aromatic carbocycles. The molecule has 2 atom stereocenters. The number of rotatable bonds is 50. The molecule has 0 saturated carbocycles. The molecule has 0 aliphatic rings. The van der Waals surface area contributed by atoms with Crippen LogP contribution < -0.4 is 5.32 Å². The molecule has 1 amide bonds. The highest BCUT2D eigenvalue weighted by atomic mass is 16.5. The van der Waals surface area contributed by atoms with E-state index >= 15 is 0 Å². The zero-order valence-electron chi connectivity index (χ0n) is 41.4. The minimum Gasteiger partial charge on any atom is -0.466 e. The molecule has 0 saturated heterocycles. The van der Waals surface area contributed by atoms with E-state index in [2.05, 4.69) is 55.6 Å². The quantitative estimate of drug-likeness (QED) is 0.0321. The van der Waals surface area contributed by atoms with Gasteiger partial charge in [0.2, 0.25) is 5.91 Å². The molecule has 0 aromatic rings. The van der Waals surface area contributed by atoms with Gasteiger partial charge in [0.1, 0.15) is 0 Å². The standard InChI is InChI=1S/C56H105NO5/c1-3-5-7-9-11-13-15-17-18-23-26-30-34-38-42-46-50-56(61)62-51-47-43-39-35-31-27-24-21-19-20-22-25-29-33-37-41-45-49-55(60)57-53(52-58)54(59)48-44-40-36-32-28-16-14-12-10-8-6-4-2/h13,15,18-19,21,23,53-54,58-59H,3-12,14,16-17,20,22,24-52H2,1-2H3,(H,57,60)/b15-13-,21-19-,23-18-. The third-order valence-corrected chi connectivity index (χ3v) is 12.4. The lowest BCUT2D eigenvalue weighted by Crippen LogP contribution is -2.45. The number of carbonyl (C=O) groups excluding carboxylic acids is 2. The number of hydrogen-bond donors (Lipinski definition) is 3. The Morgan fingerprint density at radius 3 is 1.26 bits per heavy atom. The average Bonchev–Trinajstić information content (AvgIpc) is 3.27. The van der Waals surface area contributed by atoms with Gasteiger partial charge in [0.25, 0.3) is 0 Å². The highest BCUT2D eigenvalue weighted by Gasteiger charge is 2.20. The highest BCUT2D eigenvalue weighted by molar-refractivity contribution is 5.76. The number of hydrogen-bond acceptors (Lipinski definition) is 5. The molecule has 0 spiro atoms. The Balaban J connectivity index is 3.46. The van der Waals surface area contributed by atoms with Crippen molar-refractivity contribution in [3.63, 3.8) is 0 Å². The van der Waals surface area contributed by atoms with Gasteiger partial charge in [-0.15, -0.1) is 0 Å². The normalized spacial score (nSPS) is 12.9. The van der Waals surface area contributed by atoms with E-state index in [0.29, 0.717) is 25.9 Å². The molecule has 364 valence electrons. The van der Waals surface area contributed by atoms with E-state index in [-0.39, 0.29) is 18.5 Å². The molecule has 0 fully saturated rings. The van der Waals surface area contributed by atoms with Gasteiger partial charge >= 0.3 is 5.97 Å². The average molecular weight is 872 g/mol. The van der Waals surface area contributed by atoms with Crippen LogP contribution in [0.3, 0.4) is 0 Å².